The number of nitrogen functional groups attached to an aromatic ring is 1. The van der Waals surface area contributed by atoms with Gasteiger partial charge in [-0.15, -0.1) is 0 Å². The molecule has 0 saturated carbocycles. The Balaban J connectivity index is 1.88. The zero-order valence-electron chi connectivity index (χ0n) is 12.3. The average Bonchev–Trinajstić information content (AvgIpc) is 2.91. The lowest BCUT2D eigenvalue weighted by molar-refractivity contribution is 1.16. The number of rotatable bonds is 4. The quantitative estimate of drug-likeness (QED) is 0.641. The molecule has 0 fully saturated rings. The Bertz CT molecular complexity index is 781. The number of aryl methyl sites for hydroxylation is 1. The highest BCUT2D eigenvalue weighted by Crippen LogP contribution is 2.31. The molecule has 0 saturated heterocycles. The Hall–Kier alpha value is -2.67. The summed E-state index contributed by atoms with van der Waals surface area (Å²) >= 11 is 1.57. The Labute approximate surface area is 132 Å². The molecule has 112 valence electrons. The van der Waals surface area contributed by atoms with Crippen LogP contribution < -0.4 is 16.4 Å². The van der Waals surface area contributed by atoms with E-state index in [1.165, 1.54) is 0 Å². The number of anilines is 4. The first-order chi connectivity index (χ1) is 10.7. The lowest BCUT2D eigenvalue weighted by atomic mass is 10.3. The van der Waals surface area contributed by atoms with Crippen molar-refractivity contribution in [2.45, 2.75) is 6.92 Å². The molecule has 7 heteroatoms. The summed E-state index contributed by atoms with van der Waals surface area (Å²) in [6, 6.07) is 9.33. The molecule has 0 aliphatic heterocycles. The molecular formula is C15H16N6S. The van der Waals surface area contributed by atoms with Gasteiger partial charge in [-0.05, 0) is 37.3 Å². The van der Waals surface area contributed by atoms with Crippen LogP contribution in [0.1, 0.15) is 5.69 Å². The van der Waals surface area contributed by atoms with Crippen molar-refractivity contribution < 1.29 is 0 Å². The van der Waals surface area contributed by atoms with Crippen LogP contribution in [0.25, 0.3) is 10.6 Å². The minimum absolute atomic E-state index is 0.543. The summed E-state index contributed by atoms with van der Waals surface area (Å²) in [5, 5.41) is 7.10. The van der Waals surface area contributed by atoms with Crippen molar-refractivity contribution in [1.82, 2.24) is 15.0 Å². The first-order valence-electron chi connectivity index (χ1n) is 6.77. The number of nitrogens with two attached hydrogens (primary N) is 1. The number of thiazole rings is 1. The molecular weight excluding hydrogens is 296 g/mol. The van der Waals surface area contributed by atoms with Crippen molar-refractivity contribution in [3.05, 3.63) is 42.2 Å². The third-order valence-corrected chi connectivity index (χ3v) is 4.26. The molecule has 6 nitrogen and oxygen atoms in total. The van der Waals surface area contributed by atoms with Crippen LogP contribution in [-0.2, 0) is 0 Å². The van der Waals surface area contributed by atoms with Gasteiger partial charge < -0.3 is 16.4 Å². The van der Waals surface area contributed by atoms with E-state index in [1.54, 1.807) is 17.5 Å². The van der Waals surface area contributed by atoms with Gasteiger partial charge in [0, 0.05) is 24.6 Å². The third kappa shape index (κ3) is 2.99. The number of nitrogens with zero attached hydrogens (tertiary/aromatic N) is 3. The highest BCUT2D eigenvalue weighted by Gasteiger charge is 2.11. The fourth-order valence-electron chi connectivity index (χ4n) is 1.98. The molecule has 1 aromatic carbocycles. The number of nitrogens with one attached hydrogen (secondary N) is 2. The van der Waals surface area contributed by atoms with E-state index in [9.17, 15) is 0 Å². The fraction of sp³-hybridized carbons (Fsp3) is 0.133. The van der Waals surface area contributed by atoms with Crippen LogP contribution in [0.15, 0.2) is 36.5 Å². The standard InChI is InChI=1S/C15H16N6S/c1-9-13(22-15(17-2)19-9)12-7-8-18-14(21-12)20-11-5-3-10(16)4-6-11/h3-8H,16H2,1-2H3,(H,17,19)(H,18,20,21). The van der Waals surface area contributed by atoms with Crippen LogP contribution in [0.2, 0.25) is 0 Å². The van der Waals surface area contributed by atoms with Gasteiger partial charge in [-0.2, -0.15) is 0 Å². The highest BCUT2D eigenvalue weighted by molar-refractivity contribution is 7.19. The van der Waals surface area contributed by atoms with Crippen molar-refractivity contribution in [3.8, 4) is 10.6 Å². The molecule has 2 heterocycles. The maximum Gasteiger partial charge on any atom is 0.227 e. The normalized spacial score (nSPS) is 10.5. The minimum atomic E-state index is 0.543. The number of benzene rings is 1. The van der Waals surface area contributed by atoms with Gasteiger partial charge in [-0.1, -0.05) is 11.3 Å². The Morgan fingerprint density at radius 3 is 2.55 bits per heavy atom. The molecule has 0 amide bonds. The molecule has 0 aliphatic rings. The summed E-state index contributed by atoms with van der Waals surface area (Å²) in [7, 11) is 1.86. The van der Waals surface area contributed by atoms with Gasteiger partial charge in [0.2, 0.25) is 5.95 Å². The maximum absolute atomic E-state index is 5.68. The Morgan fingerprint density at radius 1 is 1.09 bits per heavy atom. The summed E-state index contributed by atoms with van der Waals surface area (Å²) in [6.45, 7) is 1.97. The smallest absolute Gasteiger partial charge is 0.227 e. The zero-order chi connectivity index (χ0) is 15.5. The van der Waals surface area contributed by atoms with Crippen molar-refractivity contribution in [2.24, 2.45) is 0 Å². The summed E-state index contributed by atoms with van der Waals surface area (Å²) in [5.41, 5.74) is 9.10. The van der Waals surface area contributed by atoms with Gasteiger partial charge in [0.1, 0.15) is 0 Å². The van der Waals surface area contributed by atoms with Crippen LogP contribution in [0.3, 0.4) is 0 Å². The summed E-state index contributed by atoms with van der Waals surface area (Å²) in [4.78, 5) is 14.3. The van der Waals surface area contributed by atoms with Gasteiger partial charge in [0.05, 0.1) is 16.3 Å². The van der Waals surface area contributed by atoms with E-state index >= 15 is 0 Å². The van der Waals surface area contributed by atoms with Crippen LogP contribution in [-0.4, -0.2) is 22.0 Å². The molecule has 0 unspecified atom stereocenters. The average molecular weight is 312 g/mol. The SMILES string of the molecule is CNc1nc(C)c(-c2ccnc(Nc3ccc(N)cc3)n2)s1. The molecule has 0 atom stereocenters. The van der Waals surface area contributed by atoms with E-state index < -0.39 is 0 Å². The van der Waals surface area contributed by atoms with Gasteiger partial charge in [0.25, 0.3) is 0 Å². The van der Waals surface area contributed by atoms with E-state index in [0.717, 1.165) is 32.8 Å². The first kappa shape index (κ1) is 14.3. The number of hydrogen-bond acceptors (Lipinski definition) is 7. The molecule has 0 spiro atoms. The second kappa shape index (κ2) is 5.98. The van der Waals surface area contributed by atoms with Gasteiger partial charge in [-0.3, -0.25) is 0 Å². The van der Waals surface area contributed by atoms with E-state index in [4.69, 9.17) is 5.73 Å². The van der Waals surface area contributed by atoms with Crippen LogP contribution in [0, 0.1) is 6.92 Å². The highest BCUT2D eigenvalue weighted by atomic mass is 32.1. The van der Waals surface area contributed by atoms with E-state index in [-0.39, 0.29) is 0 Å². The number of aromatic nitrogens is 3. The second-order valence-electron chi connectivity index (χ2n) is 4.70. The van der Waals surface area contributed by atoms with Gasteiger partial charge >= 0.3 is 0 Å². The molecule has 3 rings (SSSR count). The van der Waals surface area contributed by atoms with Crippen molar-refractivity contribution in [3.63, 3.8) is 0 Å². The molecule has 0 bridgehead atoms. The fourth-order valence-corrected chi connectivity index (χ4v) is 2.87. The topological polar surface area (TPSA) is 88.8 Å². The van der Waals surface area contributed by atoms with E-state index in [1.807, 2.05) is 44.3 Å². The molecule has 0 aliphatic carbocycles. The summed E-state index contributed by atoms with van der Waals surface area (Å²) in [6.07, 6.45) is 1.74. The lowest BCUT2D eigenvalue weighted by Gasteiger charge is -2.06. The third-order valence-electron chi connectivity index (χ3n) is 3.07. The Morgan fingerprint density at radius 2 is 1.86 bits per heavy atom. The van der Waals surface area contributed by atoms with Crippen LogP contribution >= 0.6 is 11.3 Å². The minimum Gasteiger partial charge on any atom is -0.399 e. The zero-order valence-corrected chi connectivity index (χ0v) is 13.1. The largest absolute Gasteiger partial charge is 0.399 e. The summed E-state index contributed by atoms with van der Waals surface area (Å²) in [5.74, 6) is 0.543. The summed E-state index contributed by atoms with van der Waals surface area (Å²) < 4.78 is 0. The molecule has 2 aromatic heterocycles. The lowest BCUT2D eigenvalue weighted by Crippen LogP contribution is -1.98. The molecule has 4 N–H and O–H groups in total. The van der Waals surface area contributed by atoms with E-state index in [2.05, 4.69) is 25.6 Å². The predicted octanol–water partition coefficient (Wildman–Crippen LogP) is 3.28. The first-order valence-corrected chi connectivity index (χ1v) is 7.58. The van der Waals surface area contributed by atoms with Crippen LogP contribution in [0.5, 0.6) is 0 Å². The van der Waals surface area contributed by atoms with Crippen molar-refractivity contribution >= 4 is 33.8 Å². The molecule has 3 aromatic rings. The predicted molar refractivity (Wildman–Crippen MR) is 91.6 cm³/mol. The second-order valence-corrected chi connectivity index (χ2v) is 5.70. The van der Waals surface area contributed by atoms with Crippen molar-refractivity contribution in [1.29, 1.82) is 0 Å². The number of hydrogen-bond donors (Lipinski definition) is 3. The molecule has 0 radical (unpaired) electrons. The van der Waals surface area contributed by atoms with E-state index in [0.29, 0.717) is 5.95 Å². The monoisotopic (exact) mass is 312 g/mol. The van der Waals surface area contributed by atoms with Crippen LogP contribution in [0.4, 0.5) is 22.5 Å². The Kier molecular flexibility index (Phi) is 3.88. The molecule has 22 heavy (non-hydrogen) atoms. The van der Waals surface area contributed by atoms with Gasteiger partial charge in [0.15, 0.2) is 5.13 Å². The van der Waals surface area contributed by atoms with Gasteiger partial charge in [-0.25, -0.2) is 15.0 Å². The van der Waals surface area contributed by atoms with Crippen molar-refractivity contribution in [2.75, 3.05) is 23.4 Å². The maximum atomic E-state index is 5.68.